The summed E-state index contributed by atoms with van der Waals surface area (Å²) >= 11 is 0. The highest BCUT2D eigenvalue weighted by Gasteiger charge is 2.44. The number of likely N-dealkylation sites (tertiary alicyclic amines) is 1. The van der Waals surface area contributed by atoms with Crippen molar-refractivity contribution in [2.75, 3.05) is 13.6 Å². The van der Waals surface area contributed by atoms with Crippen LogP contribution in [0.4, 0.5) is 13.2 Å². The molecule has 0 bridgehead atoms. The molecule has 2 atom stereocenters. The molecule has 0 aliphatic carbocycles. The normalized spacial score (nSPS) is 22.4. The molecule has 0 spiro atoms. The molecule has 124 valence electrons. The van der Waals surface area contributed by atoms with Crippen LogP contribution in [0.15, 0.2) is 24.3 Å². The number of hydrogen-bond donors (Lipinski definition) is 1. The Bertz CT molecular complexity index is 609. The van der Waals surface area contributed by atoms with Gasteiger partial charge in [-0.3, -0.25) is 9.69 Å². The third kappa shape index (κ3) is 4.45. The van der Waals surface area contributed by atoms with Gasteiger partial charge in [-0.1, -0.05) is 12.1 Å². The van der Waals surface area contributed by atoms with Gasteiger partial charge in [0.2, 0.25) is 0 Å². The fourth-order valence-corrected chi connectivity index (χ4v) is 2.86. The molecule has 1 heterocycles. The SMILES string of the molecule is CN1C[C@H](NC(=O)c2cccc(CC#N)c2)CC[C@@H]1C(F)(F)F. The van der Waals surface area contributed by atoms with Gasteiger partial charge in [-0.2, -0.15) is 18.4 Å². The summed E-state index contributed by atoms with van der Waals surface area (Å²) in [5, 5.41) is 11.5. The van der Waals surface area contributed by atoms with Crippen LogP contribution in [0.25, 0.3) is 0 Å². The van der Waals surface area contributed by atoms with E-state index in [9.17, 15) is 18.0 Å². The van der Waals surface area contributed by atoms with Gasteiger partial charge in [-0.15, -0.1) is 0 Å². The summed E-state index contributed by atoms with van der Waals surface area (Å²) in [5.74, 6) is -0.325. The van der Waals surface area contributed by atoms with Crippen molar-refractivity contribution in [1.82, 2.24) is 10.2 Å². The first-order chi connectivity index (χ1) is 10.8. The lowest BCUT2D eigenvalue weighted by atomic mass is 9.98. The van der Waals surface area contributed by atoms with E-state index < -0.39 is 12.2 Å². The van der Waals surface area contributed by atoms with Crippen molar-refractivity contribution in [2.24, 2.45) is 0 Å². The summed E-state index contributed by atoms with van der Waals surface area (Å²) in [5.41, 5.74) is 1.15. The number of benzene rings is 1. The Morgan fingerprint density at radius 2 is 2.17 bits per heavy atom. The van der Waals surface area contributed by atoms with Crippen molar-refractivity contribution >= 4 is 5.91 Å². The van der Waals surface area contributed by atoms with Gasteiger partial charge in [0.05, 0.1) is 12.5 Å². The van der Waals surface area contributed by atoms with Crippen molar-refractivity contribution in [1.29, 1.82) is 5.26 Å². The van der Waals surface area contributed by atoms with Crippen molar-refractivity contribution in [2.45, 2.75) is 37.5 Å². The van der Waals surface area contributed by atoms with Crippen molar-refractivity contribution in [3.05, 3.63) is 35.4 Å². The first-order valence-corrected chi connectivity index (χ1v) is 7.35. The highest BCUT2D eigenvalue weighted by Crippen LogP contribution is 2.30. The van der Waals surface area contributed by atoms with E-state index in [1.54, 1.807) is 24.3 Å². The molecule has 0 radical (unpaired) electrons. The van der Waals surface area contributed by atoms with E-state index in [0.717, 1.165) is 5.56 Å². The molecule has 23 heavy (non-hydrogen) atoms. The molecular weight excluding hydrogens is 307 g/mol. The van der Waals surface area contributed by atoms with Crippen LogP contribution >= 0.6 is 0 Å². The molecular formula is C16H18F3N3O. The summed E-state index contributed by atoms with van der Waals surface area (Å²) in [7, 11) is 1.42. The number of carbonyl (C=O) groups excluding carboxylic acids is 1. The second-order valence-corrected chi connectivity index (χ2v) is 5.78. The second kappa shape index (κ2) is 7.01. The van der Waals surface area contributed by atoms with Crippen LogP contribution in [-0.4, -0.2) is 42.7 Å². The van der Waals surface area contributed by atoms with Gasteiger partial charge >= 0.3 is 6.18 Å². The lowest BCUT2D eigenvalue weighted by molar-refractivity contribution is -0.188. The fourth-order valence-electron chi connectivity index (χ4n) is 2.86. The standard InChI is InChI=1S/C16H18F3N3O/c1-22-10-13(5-6-14(22)16(17,18)19)21-15(23)12-4-2-3-11(9-12)7-8-20/h2-4,9,13-14H,5-7,10H2,1H3,(H,21,23)/t13-,14-/m1/s1. The van der Waals surface area contributed by atoms with Crippen LogP contribution in [0, 0.1) is 11.3 Å². The number of nitrogens with one attached hydrogen (secondary N) is 1. The van der Waals surface area contributed by atoms with Crippen molar-refractivity contribution in [3.63, 3.8) is 0 Å². The number of carbonyl (C=O) groups is 1. The molecule has 1 aromatic rings. The van der Waals surface area contributed by atoms with Crippen molar-refractivity contribution < 1.29 is 18.0 Å². The lowest BCUT2D eigenvalue weighted by Crippen LogP contribution is -2.54. The van der Waals surface area contributed by atoms with E-state index >= 15 is 0 Å². The minimum Gasteiger partial charge on any atom is -0.348 e. The Kier molecular flexibility index (Phi) is 5.26. The Labute approximate surface area is 132 Å². The number of nitrogens with zero attached hydrogens (tertiary/aromatic N) is 2. The van der Waals surface area contributed by atoms with Gasteiger partial charge in [0.1, 0.15) is 6.04 Å². The third-order valence-electron chi connectivity index (χ3n) is 4.01. The largest absolute Gasteiger partial charge is 0.404 e. The number of alkyl halides is 3. The minimum atomic E-state index is -4.24. The Morgan fingerprint density at radius 3 is 2.78 bits per heavy atom. The van der Waals surface area contributed by atoms with Crippen LogP contribution in [0.3, 0.4) is 0 Å². The molecule has 0 unspecified atom stereocenters. The monoisotopic (exact) mass is 325 g/mol. The van der Waals surface area contributed by atoms with Crippen LogP contribution in [0.5, 0.6) is 0 Å². The van der Waals surface area contributed by atoms with Crippen molar-refractivity contribution in [3.8, 4) is 6.07 Å². The van der Waals surface area contributed by atoms with Gasteiger partial charge < -0.3 is 5.32 Å². The number of piperidine rings is 1. The number of likely N-dealkylation sites (N-methyl/N-ethyl adjacent to an activating group) is 1. The highest BCUT2D eigenvalue weighted by molar-refractivity contribution is 5.94. The second-order valence-electron chi connectivity index (χ2n) is 5.78. The fraction of sp³-hybridized carbons (Fsp3) is 0.500. The molecule has 7 heteroatoms. The van der Waals surface area contributed by atoms with E-state index in [0.29, 0.717) is 5.56 Å². The molecule has 1 saturated heterocycles. The summed E-state index contributed by atoms with van der Waals surface area (Å²) in [6, 6.07) is 6.94. The van der Waals surface area contributed by atoms with Crippen LogP contribution in [0.1, 0.15) is 28.8 Å². The summed E-state index contributed by atoms with van der Waals surface area (Å²) in [6.45, 7) is 0.161. The van der Waals surface area contributed by atoms with Gasteiger partial charge in [-0.25, -0.2) is 0 Å². The zero-order chi connectivity index (χ0) is 17.0. The molecule has 1 aromatic carbocycles. The first kappa shape index (κ1) is 17.3. The Balaban J connectivity index is 1.97. The minimum absolute atomic E-state index is 0.0284. The lowest BCUT2D eigenvalue weighted by Gasteiger charge is -2.38. The van der Waals surface area contributed by atoms with Gasteiger partial charge in [0, 0.05) is 18.2 Å². The van der Waals surface area contributed by atoms with E-state index in [-0.39, 0.29) is 37.8 Å². The van der Waals surface area contributed by atoms with Crippen LogP contribution in [0.2, 0.25) is 0 Å². The van der Waals surface area contributed by atoms with E-state index in [1.807, 2.05) is 6.07 Å². The maximum absolute atomic E-state index is 12.8. The molecule has 2 rings (SSSR count). The molecule has 1 N–H and O–H groups in total. The van der Waals surface area contributed by atoms with Gasteiger partial charge in [0.15, 0.2) is 0 Å². The van der Waals surface area contributed by atoms with E-state index in [1.165, 1.54) is 11.9 Å². The molecule has 0 aromatic heterocycles. The zero-order valence-electron chi connectivity index (χ0n) is 12.7. The molecule has 1 aliphatic rings. The molecule has 0 saturated carbocycles. The topological polar surface area (TPSA) is 56.1 Å². The zero-order valence-corrected chi connectivity index (χ0v) is 12.7. The maximum Gasteiger partial charge on any atom is 0.404 e. The van der Waals surface area contributed by atoms with Gasteiger partial charge in [-0.05, 0) is 37.6 Å². The third-order valence-corrected chi connectivity index (χ3v) is 4.01. The summed E-state index contributed by atoms with van der Waals surface area (Å²) in [4.78, 5) is 13.5. The summed E-state index contributed by atoms with van der Waals surface area (Å²) in [6.07, 6.45) is -3.77. The van der Waals surface area contributed by atoms with Crippen LogP contribution < -0.4 is 5.32 Å². The maximum atomic E-state index is 12.8. The summed E-state index contributed by atoms with van der Waals surface area (Å²) < 4.78 is 38.4. The smallest absolute Gasteiger partial charge is 0.348 e. The number of rotatable bonds is 3. The predicted octanol–water partition coefficient (Wildman–Crippen LogP) is 2.51. The number of amides is 1. The molecule has 4 nitrogen and oxygen atoms in total. The van der Waals surface area contributed by atoms with Crippen LogP contribution in [-0.2, 0) is 6.42 Å². The predicted molar refractivity (Wildman–Crippen MR) is 78.7 cm³/mol. The average Bonchev–Trinajstić information content (AvgIpc) is 2.46. The number of halogens is 3. The van der Waals surface area contributed by atoms with E-state index in [2.05, 4.69) is 5.32 Å². The van der Waals surface area contributed by atoms with Gasteiger partial charge in [0.25, 0.3) is 5.91 Å². The number of hydrogen-bond acceptors (Lipinski definition) is 3. The highest BCUT2D eigenvalue weighted by atomic mass is 19.4. The molecule has 1 aliphatic heterocycles. The van der Waals surface area contributed by atoms with E-state index in [4.69, 9.17) is 5.26 Å². The Morgan fingerprint density at radius 1 is 1.43 bits per heavy atom. The average molecular weight is 325 g/mol. The molecule has 1 amide bonds. The first-order valence-electron chi connectivity index (χ1n) is 7.35. The quantitative estimate of drug-likeness (QED) is 0.929. The number of nitriles is 1. The Hall–Kier alpha value is -2.07. The molecule has 1 fully saturated rings.